The number of hydrogen-bond acceptors (Lipinski definition) is 6. The van der Waals surface area contributed by atoms with E-state index in [0.717, 1.165) is 12.0 Å². The number of aryl methyl sites for hydroxylation is 1. The molecule has 1 aliphatic rings. The van der Waals surface area contributed by atoms with Crippen molar-refractivity contribution in [1.82, 2.24) is 14.2 Å². The maximum Gasteiger partial charge on any atom is 0.259 e. The highest BCUT2D eigenvalue weighted by molar-refractivity contribution is 7.89. The lowest BCUT2D eigenvalue weighted by molar-refractivity contribution is 0.0373. The van der Waals surface area contributed by atoms with Crippen LogP contribution in [-0.2, 0) is 10.0 Å². The molecule has 0 spiro atoms. The molecular weight excluding hydrogens is 490 g/mol. The Morgan fingerprint density at radius 3 is 2.54 bits per heavy atom. The zero-order valence-electron chi connectivity index (χ0n) is 22.4. The Kier molecular flexibility index (Phi) is 9.35. The molecule has 0 bridgehead atoms. The molecule has 2 heterocycles. The molecule has 0 aliphatic carbocycles. The molecule has 1 aromatic heterocycles. The van der Waals surface area contributed by atoms with Crippen molar-refractivity contribution in [3.63, 3.8) is 0 Å². The van der Waals surface area contributed by atoms with Crippen LogP contribution in [0.25, 0.3) is 0 Å². The van der Waals surface area contributed by atoms with E-state index in [1.54, 1.807) is 48.4 Å². The first-order chi connectivity index (χ1) is 17.4. The molecule has 200 valence electrons. The predicted molar refractivity (Wildman–Crippen MR) is 143 cm³/mol. The van der Waals surface area contributed by atoms with Gasteiger partial charge in [0.1, 0.15) is 11.7 Å². The van der Waals surface area contributed by atoms with Crippen LogP contribution in [0.3, 0.4) is 0 Å². The van der Waals surface area contributed by atoms with Gasteiger partial charge in [-0.15, -0.1) is 0 Å². The highest BCUT2D eigenvalue weighted by Gasteiger charge is 2.35. The molecular formula is C28H37N3O5S. The molecule has 37 heavy (non-hydrogen) atoms. The smallest absolute Gasteiger partial charge is 0.259 e. The summed E-state index contributed by atoms with van der Waals surface area (Å²) in [5.74, 6) is 6.17. The Morgan fingerprint density at radius 1 is 1.24 bits per heavy atom. The third-order valence-corrected chi connectivity index (χ3v) is 8.27. The van der Waals surface area contributed by atoms with E-state index < -0.39 is 22.2 Å². The molecule has 3 rings (SSSR count). The average molecular weight is 528 g/mol. The van der Waals surface area contributed by atoms with Gasteiger partial charge in [0, 0.05) is 37.7 Å². The standard InChI is InChI=1S/C28H37N3O5S/c1-19(2)8-7-9-23-14-25-27(29-15-23)36-26(21(4)16-31(28(25)33)22(5)18-32)17-30(6)37(34,35)24-12-10-20(3)11-13-24/h10-15,19,21-22,26,32H,8,16-18H2,1-6H3/t21-,22+,26-/m0/s1. The molecule has 1 aliphatic heterocycles. The number of aliphatic hydroxyl groups excluding tert-OH is 1. The summed E-state index contributed by atoms with van der Waals surface area (Å²) in [7, 11) is -2.23. The Bertz CT molecular complexity index is 1260. The van der Waals surface area contributed by atoms with Crippen molar-refractivity contribution in [2.45, 2.75) is 58.1 Å². The van der Waals surface area contributed by atoms with Gasteiger partial charge in [0.2, 0.25) is 15.9 Å². The third-order valence-electron chi connectivity index (χ3n) is 6.43. The van der Waals surface area contributed by atoms with Crippen LogP contribution >= 0.6 is 0 Å². The summed E-state index contributed by atoms with van der Waals surface area (Å²) in [6.45, 7) is 9.87. The normalized spacial score (nSPS) is 18.9. The Balaban J connectivity index is 1.96. The van der Waals surface area contributed by atoms with E-state index in [0.29, 0.717) is 11.5 Å². The zero-order valence-corrected chi connectivity index (χ0v) is 23.2. The van der Waals surface area contributed by atoms with E-state index in [1.165, 1.54) is 11.4 Å². The number of carbonyl (C=O) groups is 1. The van der Waals surface area contributed by atoms with Gasteiger partial charge in [-0.25, -0.2) is 13.4 Å². The SMILES string of the molecule is Cc1ccc(S(=O)(=O)N(C)C[C@@H]2Oc3ncc(C#CCC(C)C)cc3C(=O)N([C@H](C)CO)C[C@@H]2C)cc1. The maximum absolute atomic E-state index is 13.5. The number of benzene rings is 1. The number of hydrogen-bond donors (Lipinski definition) is 1. The second-order valence-corrected chi connectivity index (χ2v) is 12.2. The second kappa shape index (κ2) is 12.1. The molecule has 1 N–H and O–H groups in total. The highest BCUT2D eigenvalue weighted by atomic mass is 32.2. The van der Waals surface area contributed by atoms with E-state index in [-0.39, 0.29) is 47.9 Å². The summed E-state index contributed by atoms with van der Waals surface area (Å²) >= 11 is 0. The first kappa shape index (κ1) is 28.6. The van der Waals surface area contributed by atoms with Crippen LogP contribution in [0.1, 0.15) is 55.6 Å². The van der Waals surface area contributed by atoms with Crippen LogP contribution in [-0.4, -0.2) is 72.5 Å². The summed E-state index contributed by atoms with van der Waals surface area (Å²) in [5.41, 5.74) is 1.81. The summed E-state index contributed by atoms with van der Waals surface area (Å²) in [5, 5.41) is 9.84. The van der Waals surface area contributed by atoms with Crippen LogP contribution < -0.4 is 4.74 Å². The minimum absolute atomic E-state index is 0.0595. The first-order valence-electron chi connectivity index (χ1n) is 12.5. The number of aromatic nitrogens is 1. The number of amides is 1. The molecule has 3 atom stereocenters. The third kappa shape index (κ3) is 6.89. The molecule has 1 amide bonds. The van der Waals surface area contributed by atoms with Crippen LogP contribution in [0.5, 0.6) is 5.88 Å². The van der Waals surface area contributed by atoms with Crippen molar-refractivity contribution < 1.29 is 23.1 Å². The molecule has 2 aromatic rings. The van der Waals surface area contributed by atoms with E-state index in [2.05, 4.69) is 30.7 Å². The van der Waals surface area contributed by atoms with Crippen LogP contribution in [0.4, 0.5) is 0 Å². The van der Waals surface area contributed by atoms with Gasteiger partial charge in [-0.2, -0.15) is 4.31 Å². The van der Waals surface area contributed by atoms with E-state index in [4.69, 9.17) is 4.74 Å². The summed E-state index contributed by atoms with van der Waals surface area (Å²) in [6.07, 6.45) is 1.70. The first-order valence-corrected chi connectivity index (χ1v) is 14.0. The number of carbonyl (C=O) groups excluding carboxylic acids is 1. The summed E-state index contributed by atoms with van der Waals surface area (Å²) in [6, 6.07) is 7.92. The summed E-state index contributed by atoms with van der Waals surface area (Å²) in [4.78, 5) is 19.7. The second-order valence-electron chi connectivity index (χ2n) is 10.2. The Labute approximate surface area is 220 Å². The number of sulfonamides is 1. The predicted octanol–water partition coefficient (Wildman–Crippen LogP) is 3.33. The van der Waals surface area contributed by atoms with Gasteiger partial charge in [0.15, 0.2) is 0 Å². The lowest BCUT2D eigenvalue weighted by Crippen LogP contribution is -2.50. The molecule has 0 fully saturated rings. The van der Waals surface area contributed by atoms with Gasteiger partial charge in [-0.05, 0) is 38.0 Å². The fourth-order valence-electron chi connectivity index (χ4n) is 3.99. The molecule has 0 saturated carbocycles. The number of ether oxygens (including phenoxy) is 1. The fourth-order valence-corrected chi connectivity index (χ4v) is 5.17. The molecule has 8 nitrogen and oxygen atoms in total. The minimum Gasteiger partial charge on any atom is -0.472 e. The van der Waals surface area contributed by atoms with Crippen LogP contribution in [0, 0.1) is 30.6 Å². The molecule has 1 aromatic carbocycles. The quantitative estimate of drug-likeness (QED) is 0.555. The minimum atomic E-state index is -3.75. The Morgan fingerprint density at radius 2 is 1.92 bits per heavy atom. The lowest BCUT2D eigenvalue weighted by Gasteiger charge is -2.37. The van der Waals surface area contributed by atoms with E-state index in [9.17, 15) is 18.3 Å². The maximum atomic E-state index is 13.5. The Hall–Kier alpha value is -2.93. The fraction of sp³-hybridized carbons (Fsp3) is 0.500. The average Bonchev–Trinajstić information content (AvgIpc) is 2.85. The number of fused-ring (bicyclic) bond motifs is 1. The monoisotopic (exact) mass is 527 g/mol. The van der Waals surface area contributed by atoms with Crippen molar-refractivity contribution in [3.8, 4) is 17.7 Å². The van der Waals surface area contributed by atoms with Gasteiger partial charge in [-0.1, -0.05) is 50.3 Å². The van der Waals surface area contributed by atoms with Gasteiger partial charge in [-0.3, -0.25) is 4.79 Å². The van der Waals surface area contributed by atoms with Crippen molar-refractivity contribution in [1.29, 1.82) is 0 Å². The van der Waals surface area contributed by atoms with Gasteiger partial charge in [0.05, 0.1) is 24.1 Å². The van der Waals surface area contributed by atoms with Gasteiger partial charge >= 0.3 is 0 Å². The van der Waals surface area contributed by atoms with Crippen molar-refractivity contribution in [3.05, 3.63) is 53.2 Å². The number of rotatable bonds is 7. The number of nitrogens with zero attached hydrogens (tertiary/aromatic N) is 3. The summed E-state index contributed by atoms with van der Waals surface area (Å²) < 4.78 is 34.0. The van der Waals surface area contributed by atoms with Crippen LogP contribution in [0.2, 0.25) is 0 Å². The number of pyridine rings is 1. The lowest BCUT2D eigenvalue weighted by atomic mass is 10.00. The topological polar surface area (TPSA) is 100 Å². The number of likely N-dealkylation sites (N-methyl/N-ethyl adjacent to an activating group) is 1. The van der Waals surface area contributed by atoms with Gasteiger partial charge in [0.25, 0.3) is 5.91 Å². The van der Waals surface area contributed by atoms with E-state index in [1.807, 2.05) is 13.8 Å². The molecule has 0 unspecified atom stereocenters. The zero-order chi connectivity index (χ0) is 27.3. The molecule has 0 radical (unpaired) electrons. The largest absolute Gasteiger partial charge is 0.472 e. The van der Waals surface area contributed by atoms with Crippen LogP contribution in [0.15, 0.2) is 41.4 Å². The van der Waals surface area contributed by atoms with Crippen molar-refractivity contribution >= 4 is 15.9 Å². The molecule has 0 saturated heterocycles. The van der Waals surface area contributed by atoms with Gasteiger partial charge < -0.3 is 14.7 Å². The van der Waals surface area contributed by atoms with Crippen molar-refractivity contribution in [2.75, 3.05) is 26.7 Å². The highest BCUT2D eigenvalue weighted by Crippen LogP contribution is 2.28. The number of aliphatic hydroxyl groups is 1. The van der Waals surface area contributed by atoms with Crippen molar-refractivity contribution in [2.24, 2.45) is 11.8 Å². The molecule has 9 heteroatoms. The van der Waals surface area contributed by atoms with E-state index >= 15 is 0 Å².